The molecule has 0 radical (unpaired) electrons. The molecule has 1 aliphatic rings. The minimum atomic E-state index is 0.752. The van der Waals surface area contributed by atoms with Crippen LogP contribution in [0.15, 0.2) is 36.5 Å². The summed E-state index contributed by atoms with van der Waals surface area (Å²) in [5.74, 6) is 0.752. The van der Waals surface area contributed by atoms with Crippen molar-refractivity contribution in [3.05, 3.63) is 42.2 Å². The summed E-state index contributed by atoms with van der Waals surface area (Å²) in [7, 11) is 0. The average Bonchev–Trinajstić information content (AvgIpc) is 2.40. The van der Waals surface area contributed by atoms with E-state index in [1.807, 2.05) is 6.20 Å². The first-order chi connectivity index (χ1) is 8.43. The van der Waals surface area contributed by atoms with Crippen LogP contribution in [0.1, 0.15) is 18.5 Å². The molecule has 2 heterocycles. The Balaban J connectivity index is 1.89. The van der Waals surface area contributed by atoms with Gasteiger partial charge < -0.3 is 5.32 Å². The fourth-order valence-electron chi connectivity index (χ4n) is 2.72. The lowest BCUT2D eigenvalue weighted by atomic mass is 9.93. The zero-order valence-electron chi connectivity index (χ0n) is 10.0. The molecule has 17 heavy (non-hydrogen) atoms. The summed E-state index contributed by atoms with van der Waals surface area (Å²) in [5.41, 5.74) is 1.26. The van der Waals surface area contributed by atoms with Crippen LogP contribution in [0.25, 0.3) is 10.8 Å². The van der Waals surface area contributed by atoms with Crippen LogP contribution < -0.4 is 5.32 Å². The van der Waals surface area contributed by atoms with Gasteiger partial charge in [-0.05, 0) is 49.7 Å². The van der Waals surface area contributed by atoms with Crippen LogP contribution >= 0.6 is 0 Å². The second-order valence-electron chi connectivity index (χ2n) is 4.90. The summed E-state index contributed by atoms with van der Waals surface area (Å²) in [5, 5.41) is 6.10. The highest BCUT2D eigenvalue weighted by atomic mass is 14.9. The lowest BCUT2D eigenvalue weighted by Gasteiger charge is -2.22. The Labute approximate surface area is 102 Å². The van der Waals surface area contributed by atoms with Crippen LogP contribution in [0, 0.1) is 5.92 Å². The van der Waals surface area contributed by atoms with Gasteiger partial charge in [0.25, 0.3) is 0 Å². The van der Waals surface area contributed by atoms with Gasteiger partial charge in [-0.1, -0.05) is 24.3 Å². The molecule has 1 N–H and O–H groups in total. The summed E-state index contributed by atoms with van der Waals surface area (Å²) >= 11 is 0. The molecule has 1 aromatic carbocycles. The molecule has 0 aliphatic carbocycles. The number of pyridine rings is 1. The van der Waals surface area contributed by atoms with Crippen LogP contribution in [0.5, 0.6) is 0 Å². The maximum atomic E-state index is 4.57. The van der Waals surface area contributed by atoms with Crippen LogP contribution in [-0.4, -0.2) is 18.1 Å². The molecule has 0 bridgehead atoms. The predicted octanol–water partition coefficient (Wildman–Crippen LogP) is 2.78. The van der Waals surface area contributed by atoms with Gasteiger partial charge in [-0.25, -0.2) is 0 Å². The molecule has 1 unspecified atom stereocenters. The van der Waals surface area contributed by atoms with E-state index < -0.39 is 0 Å². The molecule has 0 spiro atoms. The van der Waals surface area contributed by atoms with Crippen molar-refractivity contribution < 1.29 is 0 Å². The molecule has 1 aliphatic heterocycles. The standard InChI is InChI=1S/C15H18N2/c1-2-6-14-13(5-1)7-9-17-15(14)10-12-4-3-8-16-11-12/h1-2,5-7,9,12,16H,3-4,8,10-11H2. The Morgan fingerprint density at radius 2 is 2.18 bits per heavy atom. The van der Waals surface area contributed by atoms with Gasteiger partial charge >= 0.3 is 0 Å². The minimum absolute atomic E-state index is 0.752. The van der Waals surface area contributed by atoms with E-state index >= 15 is 0 Å². The van der Waals surface area contributed by atoms with E-state index in [0.717, 1.165) is 18.9 Å². The SMILES string of the molecule is c1ccc2c(CC3CCCNC3)nccc2c1. The highest BCUT2D eigenvalue weighted by molar-refractivity contribution is 5.84. The molecule has 0 saturated carbocycles. The number of nitrogens with one attached hydrogen (secondary N) is 1. The van der Waals surface area contributed by atoms with Gasteiger partial charge in [0.2, 0.25) is 0 Å². The first kappa shape index (κ1) is 10.7. The van der Waals surface area contributed by atoms with Crippen molar-refractivity contribution in [1.29, 1.82) is 0 Å². The number of aromatic nitrogens is 1. The van der Waals surface area contributed by atoms with Crippen LogP contribution in [0.4, 0.5) is 0 Å². The van der Waals surface area contributed by atoms with Crippen LogP contribution in [0.3, 0.4) is 0 Å². The van der Waals surface area contributed by atoms with E-state index in [1.165, 1.54) is 35.9 Å². The molecular weight excluding hydrogens is 208 g/mol. The van der Waals surface area contributed by atoms with Crippen molar-refractivity contribution in [2.24, 2.45) is 5.92 Å². The largest absolute Gasteiger partial charge is 0.316 e. The Hall–Kier alpha value is -1.41. The summed E-state index contributed by atoms with van der Waals surface area (Å²) in [6.45, 7) is 2.32. The Morgan fingerprint density at radius 1 is 1.24 bits per heavy atom. The molecular formula is C15H18N2. The van der Waals surface area contributed by atoms with Gasteiger partial charge in [0.15, 0.2) is 0 Å². The first-order valence-corrected chi connectivity index (χ1v) is 6.47. The molecule has 2 nitrogen and oxygen atoms in total. The third-order valence-corrected chi connectivity index (χ3v) is 3.64. The third-order valence-electron chi connectivity index (χ3n) is 3.64. The van der Waals surface area contributed by atoms with Gasteiger partial charge in [-0.2, -0.15) is 0 Å². The zero-order chi connectivity index (χ0) is 11.5. The Kier molecular flexibility index (Phi) is 3.06. The number of rotatable bonds is 2. The summed E-state index contributed by atoms with van der Waals surface area (Å²) < 4.78 is 0. The molecule has 1 saturated heterocycles. The first-order valence-electron chi connectivity index (χ1n) is 6.47. The zero-order valence-corrected chi connectivity index (χ0v) is 10.0. The van der Waals surface area contributed by atoms with E-state index in [1.54, 1.807) is 0 Å². The average molecular weight is 226 g/mol. The van der Waals surface area contributed by atoms with E-state index in [9.17, 15) is 0 Å². The third kappa shape index (κ3) is 2.32. The van der Waals surface area contributed by atoms with Gasteiger partial charge in [0, 0.05) is 17.3 Å². The number of hydrogen-bond donors (Lipinski definition) is 1. The monoisotopic (exact) mass is 226 g/mol. The lowest BCUT2D eigenvalue weighted by molar-refractivity contribution is 0.374. The van der Waals surface area contributed by atoms with Crippen LogP contribution in [-0.2, 0) is 6.42 Å². The molecule has 1 aromatic heterocycles. The maximum Gasteiger partial charge on any atom is 0.0485 e. The van der Waals surface area contributed by atoms with Crippen molar-refractivity contribution in [1.82, 2.24) is 10.3 Å². The fourth-order valence-corrected chi connectivity index (χ4v) is 2.72. The topological polar surface area (TPSA) is 24.9 Å². The van der Waals surface area contributed by atoms with Crippen molar-refractivity contribution in [3.8, 4) is 0 Å². The second kappa shape index (κ2) is 4.84. The highest BCUT2D eigenvalue weighted by Crippen LogP contribution is 2.21. The van der Waals surface area contributed by atoms with Crippen molar-refractivity contribution in [2.45, 2.75) is 19.3 Å². The molecule has 1 fully saturated rings. The predicted molar refractivity (Wildman–Crippen MR) is 71.0 cm³/mol. The maximum absolute atomic E-state index is 4.57. The van der Waals surface area contributed by atoms with Crippen molar-refractivity contribution in [3.63, 3.8) is 0 Å². The highest BCUT2D eigenvalue weighted by Gasteiger charge is 2.15. The summed E-state index contributed by atoms with van der Waals surface area (Å²) in [6, 6.07) is 10.6. The quantitative estimate of drug-likeness (QED) is 0.851. The van der Waals surface area contributed by atoms with E-state index in [4.69, 9.17) is 0 Å². The molecule has 1 atom stereocenters. The molecule has 2 heteroatoms. The lowest BCUT2D eigenvalue weighted by Crippen LogP contribution is -2.31. The number of hydrogen-bond acceptors (Lipinski definition) is 2. The molecule has 0 amide bonds. The van der Waals surface area contributed by atoms with E-state index in [-0.39, 0.29) is 0 Å². The van der Waals surface area contributed by atoms with Gasteiger partial charge in [0.05, 0.1) is 0 Å². The summed E-state index contributed by atoms with van der Waals surface area (Å²) in [4.78, 5) is 4.57. The van der Waals surface area contributed by atoms with Crippen molar-refractivity contribution in [2.75, 3.05) is 13.1 Å². The number of piperidine rings is 1. The molecule has 88 valence electrons. The second-order valence-corrected chi connectivity index (χ2v) is 4.90. The normalized spacial score (nSPS) is 20.6. The number of fused-ring (bicyclic) bond motifs is 1. The Bertz CT molecular complexity index is 496. The van der Waals surface area contributed by atoms with E-state index in [0.29, 0.717) is 0 Å². The van der Waals surface area contributed by atoms with Gasteiger partial charge in [-0.15, -0.1) is 0 Å². The minimum Gasteiger partial charge on any atom is -0.316 e. The smallest absolute Gasteiger partial charge is 0.0485 e. The van der Waals surface area contributed by atoms with Crippen LogP contribution in [0.2, 0.25) is 0 Å². The van der Waals surface area contributed by atoms with Gasteiger partial charge in [-0.3, -0.25) is 4.98 Å². The summed E-state index contributed by atoms with van der Waals surface area (Å²) in [6.07, 6.45) is 5.68. The fraction of sp³-hybridized carbons (Fsp3) is 0.400. The number of nitrogens with zero attached hydrogens (tertiary/aromatic N) is 1. The molecule has 3 rings (SSSR count). The van der Waals surface area contributed by atoms with E-state index in [2.05, 4.69) is 40.6 Å². The Morgan fingerprint density at radius 3 is 3.06 bits per heavy atom. The number of benzene rings is 1. The molecule has 2 aromatic rings. The van der Waals surface area contributed by atoms with Crippen molar-refractivity contribution >= 4 is 10.8 Å². The van der Waals surface area contributed by atoms with Gasteiger partial charge in [0.1, 0.15) is 0 Å².